The molecule has 1 amide bonds. The van der Waals surface area contributed by atoms with Gasteiger partial charge in [0.2, 0.25) is 0 Å². The van der Waals surface area contributed by atoms with Gasteiger partial charge in [-0.1, -0.05) is 79.0 Å². The number of rotatable bonds is 7. The molecule has 0 spiro atoms. The van der Waals surface area contributed by atoms with Crippen molar-refractivity contribution in [1.29, 1.82) is 0 Å². The fraction of sp³-hybridized carbons (Fsp3) is 0.300. The molecule has 0 saturated heterocycles. The summed E-state index contributed by atoms with van der Waals surface area (Å²) in [6.45, 7) is 3.93. The highest BCUT2D eigenvalue weighted by Crippen LogP contribution is 2.34. The number of carbonyl (C=O) groups is 2. The highest BCUT2D eigenvalue weighted by molar-refractivity contribution is 6.43. The maximum absolute atomic E-state index is 12.6. The highest BCUT2D eigenvalue weighted by Gasteiger charge is 2.25. The molecule has 8 heteroatoms. The SMILES string of the molecule is CC(C)CC(NC(=O)OCc1ccccc1)C(=O)Oc1cc(Cl)c(Cl)cc1Cl. The number of hydrogen-bond acceptors (Lipinski definition) is 4. The Morgan fingerprint density at radius 3 is 2.29 bits per heavy atom. The van der Waals surface area contributed by atoms with Crippen LogP contribution in [0, 0.1) is 5.92 Å². The summed E-state index contributed by atoms with van der Waals surface area (Å²) in [5.41, 5.74) is 0.836. The summed E-state index contributed by atoms with van der Waals surface area (Å²) in [7, 11) is 0. The van der Waals surface area contributed by atoms with Crippen molar-refractivity contribution in [3.05, 3.63) is 63.1 Å². The Morgan fingerprint density at radius 2 is 1.64 bits per heavy atom. The lowest BCUT2D eigenvalue weighted by atomic mass is 10.0. The largest absolute Gasteiger partial charge is 0.445 e. The van der Waals surface area contributed by atoms with Gasteiger partial charge in [0.05, 0.1) is 15.1 Å². The van der Waals surface area contributed by atoms with E-state index in [-0.39, 0.29) is 33.3 Å². The van der Waals surface area contributed by atoms with Crippen molar-refractivity contribution in [1.82, 2.24) is 5.32 Å². The summed E-state index contributed by atoms with van der Waals surface area (Å²) in [5, 5.41) is 3.12. The van der Waals surface area contributed by atoms with E-state index in [2.05, 4.69) is 5.32 Å². The number of halogens is 3. The molecule has 150 valence electrons. The van der Waals surface area contributed by atoms with E-state index in [0.29, 0.717) is 6.42 Å². The van der Waals surface area contributed by atoms with E-state index in [4.69, 9.17) is 44.3 Å². The minimum atomic E-state index is -0.909. The number of ether oxygens (including phenoxy) is 2. The molecule has 0 bridgehead atoms. The Morgan fingerprint density at radius 1 is 1.00 bits per heavy atom. The number of nitrogens with one attached hydrogen (secondary N) is 1. The van der Waals surface area contributed by atoms with Crippen LogP contribution in [0.4, 0.5) is 4.79 Å². The topological polar surface area (TPSA) is 64.6 Å². The normalized spacial score (nSPS) is 11.8. The second kappa shape index (κ2) is 10.6. The average molecular weight is 445 g/mol. The Balaban J connectivity index is 2.02. The van der Waals surface area contributed by atoms with Gasteiger partial charge in [-0.05, 0) is 24.0 Å². The molecule has 0 aliphatic rings. The minimum absolute atomic E-state index is 0.0641. The zero-order chi connectivity index (χ0) is 20.7. The molecule has 1 unspecified atom stereocenters. The van der Waals surface area contributed by atoms with E-state index in [0.717, 1.165) is 5.56 Å². The van der Waals surface area contributed by atoms with Crippen molar-refractivity contribution in [2.45, 2.75) is 32.9 Å². The molecule has 0 aromatic heterocycles. The quantitative estimate of drug-likeness (QED) is 0.328. The summed E-state index contributed by atoms with van der Waals surface area (Å²) in [4.78, 5) is 24.7. The molecular weight excluding hydrogens is 425 g/mol. The van der Waals surface area contributed by atoms with Crippen molar-refractivity contribution in [2.24, 2.45) is 5.92 Å². The number of hydrogen-bond donors (Lipinski definition) is 1. The van der Waals surface area contributed by atoms with Gasteiger partial charge in [-0.3, -0.25) is 0 Å². The molecule has 0 aliphatic heterocycles. The fourth-order valence-corrected chi connectivity index (χ4v) is 2.93. The lowest BCUT2D eigenvalue weighted by Gasteiger charge is -2.19. The van der Waals surface area contributed by atoms with E-state index in [1.807, 2.05) is 44.2 Å². The third-order valence-corrected chi connectivity index (χ3v) is 4.70. The van der Waals surface area contributed by atoms with Gasteiger partial charge < -0.3 is 14.8 Å². The molecule has 0 heterocycles. The molecule has 2 aromatic rings. The van der Waals surface area contributed by atoms with Crippen LogP contribution >= 0.6 is 34.8 Å². The van der Waals surface area contributed by atoms with Crippen LogP contribution in [-0.4, -0.2) is 18.1 Å². The van der Waals surface area contributed by atoms with E-state index >= 15 is 0 Å². The predicted molar refractivity (Wildman–Crippen MR) is 110 cm³/mol. The predicted octanol–water partition coefficient (Wildman–Crippen LogP) is 5.89. The van der Waals surface area contributed by atoms with Crippen LogP contribution in [0.3, 0.4) is 0 Å². The van der Waals surface area contributed by atoms with E-state index < -0.39 is 18.1 Å². The van der Waals surface area contributed by atoms with Crippen molar-refractivity contribution in [3.63, 3.8) is 0 Å². The molecule has 1 N–H and O–H groups in total. The first kappa shape index (κ1) is 22.3. The zero-order valence-corrected chi connectivity index (χ0v) is 17.6. The Hall–Kier alpha value is -1.95. The standard InChI is InChI=1S/C20H20Cl3NO4/c1-12(2)8-17(24-20(26)27-11-13-6-4-3-5-7-13)19(25)28-18-10-15(22)14(21)9-16(18)23/h3-7,9-10,12,17H,8,11H2,1-2H3,(H,24,26). The molecule has 28 heavy (non-hydrogen) atoms. The lowest BCUT2D eigenvalue weighted by molar-refractivity contribution is -0.137. The van der Waals surface area contributed by atoms with E-state index in [1.54, 1.807) is 0 Å². The fourth-order valence-electron chi connectivity index (χ4n) is 2.35. The molecule has 5 nitrogen and oxygen atoms in total. The van der Waals surface area contributed by atoms with Crippen molar-refractivity contribution in [3.8, 4) is 5.75 Å². The van der Waals surface area contributed by atoms with Crippen LogP contribution in [0.25, 0.3) is 0 Å². The summed E-state index contributed by atoms with van der Waals surface area (Å²) in [6, 6.07) is 11.0. The van der Waals surface area contributed by atoms with Gasteiger partial charge in [0.25, 0.3) is 0 Å². The smallest absolute Gasteiger partial charge is 0.408 e. The number of esters is 1. The van der Waals surface area contributed by atoms with Gasteiger partial charge in [0.1, 0.15) is 12.6 Å². The van der Waals surface area contributed by atoms with Gasteiger partial charge in [0, 0.05) is 6.07 Å². The molecule has 0 radical (unpaired) electrons. The highest BCUT2D eigenvalue weighted by atomic mass is 35.5. The van der Waals surface area contributed by atoms with Crippen molar-refractivity contribution in [2.75, 3.05) is 0 Å². The van der Waals surface area contributed by atoms with Crippen LogP contribution in [-0.2, 0) is 16.1 Å². The van der Waals surface area contributed by atoms with Crippen LogP contribution in [0.5, 0.6) is 5.75 Å². The molecule has 2 aromatic carbocycles. The summed E-state index contributed by atoms with van der Waals surface area (Å²) in [6.07, 6.45) is -0.357. The number of alkyl carbamates (subject to hydrolysis) is 1. The first-order valence-corrected chi connectivity index (χ1v) is 9.73. The van der Waals surface area contributed by atoms with Crippen LogP contribution in [0.15, 0.2) is 42.5 Å². The van der Waals surface area contributed by atoms with Crippen molar-refractivity contribution >= 4 is 46.9 Å². The first-order chi connectivity index (χ1) is 13.3. The molecule has 0 saturated carbocycles. The minimum Gasteiger partial charge on any atom is -0.445 e. The second-order valence-electron chi connectivity index (χ2n) is 6.51. The molecule has 2 rings (SSSR count). The second-order valence-corrected chi connectivity index (χ2v) is 7.73. The third-order valence-electron chi connectivity index (χ3n) is 3.68. The summed E-state index contributed by atoms with van der Waals surface area (Å²) in [5.74, 6) is -0.490. The monoisotopic (exact) mass is 443 g/mol. The van der Waals surface area contributed by atoms with E-state index in [1.165, 1.54) is 12.1 Å². The van der Waals surface area contributed by atoms with Gasteiger partial charge in [-0.25, -0.2) is 9.59 Å². The van der Waals surface area contributed by atoms with Gasteiger partial charge in [-0.2, -0.15) is 0 Å². The Labute approximate surface area is 178 Å². The van der Waals surface area contributed by atoms with Gasteiger partial charge >= 0.3 is 12.1 Å². The third kappa shape index (κ3) is 6.89. The van der Waals surface area contributed by atoms with Crippen LogP contribution in [0.1, 0.15) is 25.8 Å². The number of carbonyl (C=O) groups excluding carboxylic acids is 2. The average Bonchev–Trinajstić information content (AvgIpc) is 2.64. The first-order valence-electron chi connectivity index (χ1n) is 8.59. The zero-order valence-electron chi connectivity index (χ0n) is 15.4. The van der Waals surface area contributed by atoms with Crippen molar-refractivity contribution < 1.29 is 19.1 Å². The van der Waals surface area contributed by atoms with Gasteiger partial charge in [0.15, 0.2) is 5.75 Å². The maximum atomic E-state index is 12.6. The van der Waals surface area contributed by atoms with E-state index in [9.17, 15) is 9.59 Å². The Kier molecular flexibility index (Phi) is 8.42. The van der Waals surface area contributed by atoms with Crippen LogP contribution < -0.4 is 10.1 Å². The maximum Gasteiger partial charge on any atom is 0.408 e. The molecular formula is C20H20Cl3NO4. The number of benzene rings is 2. The van der Waals surface area contributed by atoms with Crippen LogP contribution in [0.2, 0.25) is 15.1 Å². The summed E-state index contributed by atoms with van der Waals surface area (Å²) >= 11 is 17.9. The lowest BCUT2D eigenvalue weighted by Crippen LogP contribution is -2.44. The molecule has 1 atom stereocenters. The van der Waals surface area contributed by atoms with Gasteiger partial charge in [-0.15, -0.1) is 0 Å². The molecule has 0 fully saturated rings. The summed E-state index contributed by atoms with van der Waals surface area (Å²) < 4.78 is 10.5. The Bertz CT molecular complexity index is 828. The number of amides is 1. The molecule has 0 aliphatic carbocycles.